The van der Waals surface area contributed by atoms with Crippen LogP contribution in [0.3, 0.4) is 0 Å². The summed E-state index contributed by atoms with van der Waals surface area (Å²) in [6.45, 7) is 12.3. The Hall–Kier alpha value is -2.47. The van der Waals surface area contributed by atoms with Gasteiger partial charge in [0.15, 0.2) is 0 Å². The van der Waals surface area contributed by atoms with Crippen LogP contribution in [0.15, 0.2) is 18.2 Å². The molecule has 3 aromatic rings. The third-order valence-corrected chi connectivity index (χ3v) is 6.29. The first-order valence-corrected chi connectivity index (χ1v) is 10.5. The molecule has 6 heteroatoms. The largest absolute Gasteiger partial charge is 0.321 e. The summed E-state index contributed by atoms with van der Waals surface area (Å²) in [5.41, 5.74) is 7.33. The molecule has 0 saturated heterocycles. The molecule has 2 heterocycles. The molecule has 5 nitrogen and oxygen atoms in total. The number of aryl methyl sites for hydroxylation is 4. The summed E-state index contributed by atoms with van der Waals surface area (Å²) in [5.74, 6) is -0.128. The molecule has 0 aliphatic rings. The molecule has 0 aliphatic carbocycles. The maximum Gasteiger partial charge on any atom is 0.267 e. The highest BCUT2D eigenvalue weighted by atomic mass is 32.1. The van der Waals surface area contributed by atoms with Crippen molar-refractivity contribution in [2.75, 3.05) is 5.32 Å². The summed E-state index contributed by atoms with van der Waals surface area (Å²) in [7, 11) is 0. The molecule has 0 spiro atoms. The molecule has 0 fully saturated rings. The Bertz CT molecular complexity index is 1020. The fourth-order valence-electron chi connectivity index (χ4n) is 3.27. The minimum atomic E-state index is -0.128. The molecule has 0 saturated carbocycles. The summed E-state index contributed by atoms with van der Waals surface area (Å²) >= 11 is 1.38. The molecule has 0 atom stereocenters. The van der Waals surface area contributed by atoms with Crippen molar-refractivity contribution in [3.05, 3.63) is 56.8 Å². The lowest BCUT2D eigenvalue weighted by Crippen LogP contribution is -2.11. The Kier molecular flexibility index (Phi) is 5.98. The zero-order chi connectivity index (χ0) is 20.4. The third-order valence-electron chi connectivity index (χ3n) is 5.16. The molecule has 28 heavy (non-hydrogen) atoms. The Morgan fingerprint density at radius 2 is 1.86 bits per heavy atom. The van der Waals surface area contributed by atoms with Crippen LogP contribution in [-0.2, 0) is 6.42 Å². The van der Waals surface area contributed by atoms with Crippen LogP contribution in [0.4, 0.5) is 5.69 Å². The van der Waals surface area contributed by atoms with Gasteiger partial charge in [0, 0.05) is 11.4 Å². The van der Waals surface area contributed by atoms with Crippen LogP contribution >= 0.6 is 11.3 Å². The second-order valence-corrected chi connectivity index (χ2v) is 8.31. The number of nitrogens with zero attached hydrogens (tertiary/aromatic N) is 3. The van der Waals surface area contributed by atoms with Crippen LogP contribution in [0.2, 0.25) is 0 Å². The summed E-state index contributed by atoms with van der Waals surface area (Å²) < 4.78 is 1.88. The molecule has 1 aromatic carbocycles. The lowest BCUT2D eigenvalue weighted by Gasteiger charge is -2.06. The van der Waals surface area contributed by atoms with E-state index in [0.717, 1.165) is 52.7 Å². The van der Waals surface area contributed by atoms with Crippen molar-refractivity contribution in [2.45, 2.75) is 60.8 Å². The van der Waals surface area contributed by atoms with Crippen LogP contribution in [0.5, 0.6) is 0 Å². The topological polar surface area (TPSA) is 59.8 Å². The predicted molar refractivity (Wildman–Crippen MR) is 116 cm³/mol. The fourth-order valence-corrected chi connectivity index (χ4v) is 4.23. The molecule has 1 amide bonds. The average molecular weight is 397 g/mol. The van der Waals surface area contributed by atoms with Gasteiger partial charge >= 0.3 is 0 Å². The lowest BCUT2D eigenvalue weighted by atomic mass is 10.1. The van der Waals surface area contributed by atoms with Crippen LogP contribution < -0.4 is 5.32 Å². The number of benzene rings is 1. The van der Waals surface area contributed by atoms with Gasteiger partial charge in [-0.25, -0.2) is 9.67 Å². The van der Waals surface area contributed by atoms with Crippen LogP contribution in [-0.4, -0.2) is 20.7 Å². The molecule has 1 N–H and O–H groups in total. The SMILES string of the molecule is CCCCc1c(C)nn(-c2nc(C)c(C(=O)Nc3ccc(C)c(C)c3)s2)c1C. The monoisotopic (exact) mass is 396 g/mol. The number of hydrogen-bond donors (Lipinski definition) is 1. The molecule has 3 rings (SSSR count). The van der Waals surface area contributed by atoms with E-state index in [-0.39, 0.29) is 5.91 Å². The van der Waals surface area contributed by atoms with Gasteiger partial charge in [0.1, 0.15) is 4.88 Å². The first kappa shape index (κ1) is 20.3. The maximum atomic E-state index is 12.8. The van der Waals surface area contributed by atoms with E-state index in [2.05, 4.69) is 36.2 Å². The number of anilines is 1. The highest BCUT2D eigenvalue weighted by molar-refractivity contribution is 7.16. The van der Waals surface area contributed by atoms with E-state index in [1.54, 1.807) is 0 Å². The summed E-state index contributed by atoms with van der Waals surface area (Å²) in [4.78, 5) is 18.1. The first-order valence-electron chi connectivity index (χ1n) is 9.73. The predicted octanol–water partition coefficient (Wildman–Crippen LogP) is 5.47. The molecule has 2 aromatic heterocycles. The van der Waals surface area contributed by atoms with E-state index in [9.17, 15) is 4.79 Å². The van der Waals surface area contributed by atoms with Gasteiger partial charge in [-0.15, -0.1) is 0 Å². The molecule has 0 radical (unpaired) electrons. The zero-order valence-corrected chi connectivity index (χ0v) is 18.3. The lowest BCUT2D eigenvalue weighted by molar-refractivity contribution is 0.103. The van der Waals surface area contributed by atoms with Gasteiger partial charge in [0.05, 0.1) is 11.4 Å². The number of unbranched alkanes of at least 4 members (excludes halogenated alkanes) is 1. The Balaban J connectivity index is 1.87. The molecule has 0 unspecified atom stereocenters. The summed E-state index contributed by atoms with van der Waals surface area (Å²) in [6.07, 6.45) is 3.33. The Morgan fingerprint density at radius 3 is 2.54 bits per heavy atom. The van der Waals surface area contributed by atoms with Crippen molar-refractivity contribution in [1.29, 1.82) is 0 Å². The van der Waals surface area contributed by atoms with Crippen molar-refractivity contribution in [3.8, 4) is 5.13 Å². The first-order chi connectivity index (χ1) is 13.3. The third kappa shape index (κ3) is 4.02. The van der Waals surface area contributed by atoms with Crippen molar-refractivity contribution in [2.24, 2.45) is 0 Å². The van der Waals surface area contributed by atoms with Gasteiger partial charge < -0.3 is 5.32 Å². The number of amides is 1. The van der Waals surface area contributed by atoms with E-state index in [1.165, 1.54) is 22.5 Å². The quantitative estimate of drug-likeness (QED) is 0.601. The molecule has 0 bridgehead atoms. The summed E-state index contributed by atoms with van der Waals surface area (Å²) in [5, 5.41) is 8.42. The minimum absolute atomic E-state index is 0.128. The number of thiazole rings is 1. The van der Waals surface area contributed by atoms with E-state index in [4.69, 9.17) is 0 Å². The van der Waals surface area contributed by atoms with Crippen molar-refractivity contribution in [1.82, 2.24) is 14.8 Å². The van der Waals surface area contributed by atoms with Crippen LogP contribution in [0, 0.1) is 34.6 Å². The smallest absolute Gasteiger partial charge is 0.267 e. The van der Waals surface area contributed by atoms with Gasteiger partial charge in [-0.3, -0.25) is 4.79 Å². The van der Waals surface area contributed by atoms with Crippen molar-refractivity contribution >= 4 is 22.9 Å². The number of nitrogens with one attached hydrogen (secondary N) is 1. The van der Waals surface area contributed by atoms with E-state index >= 15 is 0 Å². The van der Waals surface area contributed by atoms with Crippen LogP contribution in [0.25, 0.3) is 5.13 Å². The Labute approximate surface area is 170 Å². The van der Waals surface area contributed by atoms with Gasteiger partial charge in [-0.1, -0.05) is 30.7 Å². The number of carbonyl (C=O) groups is 1. The van der Waals surface area contributed by atoms with Gasteiger partial charge in [0.25, 0.3) is 5.91 Å². The standard InChI is InChI=1S/C22H28N4OS/c1-7-8-9-19-15(4)25-26(17(19)6)22-23-16(5)20(28-22)21(27)24-18-11-10-13(2)14(3)12-18/h10-12H,7-9H2,1-6H3,(H,24,27). The zero-order valence-electron chi connectivity index (χ0n) is 17.5. The highest BCUT2D eigenvalue weighted by Gasteiger charge is 2.20. The number of aromatic nitrogens is 3. The number of rotatable bonds is 6. The summed E-state index contributed by atoms with van der Waals surface area (Å²) in [6, 6.07) is 5.94. The average Bonchev–Trinajstić information content (AvgIpc) is 3.16. The van der Waals surface area contributed by atoms with Gasteiger partial charge in [-0.05, 0) is 76.3 Å². The van der Waals surface area contributed by atoms with Crippen LogP contribution in [0.1, 0.15) is 63.2 Å². The number of carbonyl (C=O) groups excluding carboxylic acids is 1. The number of hydrogen-bond acceptors (Lipinski definition) is 4. The molecular formula is C22H28N4OS. The molecule has 148 valence electrons. The highest BCUT2D eigenvalue weighted by Crippen LogP contribution is 2.26. The fraction of sp³-hybridized carbons (Fsp3) is 0.409. The second-order valence-electron chi connectivity index (χ2n) is 7.33. The van der Waals surface area contributed by atoms with Gasteiger partial charge in [-0.2, -0.15) is 5.10 Å². The van der Waals surface area contributed by atoms with E-state index < -0.39 is 0 Å². The van der Waals surface area contributed by atoms with Crippen molar-refractivity contribution < 1.29 is 4.79 Å². The minimum Gasteiger partial charge on any atom is -0.321 e. The van der Waals surface area contributed by atoms with E-state index in [1.807, 2.05) is 43.7 Å². The normalized spacial score (nSPS) is 11.1. The molecular weight excluding hydrogens is 368 g/mol. The van der Waals surface area contributed by atoms with E-state index in [0.29, 0.717) is 4.88 Å². The maximum absolute atomic E-state index is 12.8. The van der Waals surface area contributed by atoms with Crippen molar-refractivity contribution in [3.63, 3.8) is 0 Å². The van der Waals surface area contributed by atoms with Gasteiger partial charge in [0.2, 0.25) is 5.13 Å². The molecule has 0 aliphatic heterocycles. The second kappa shape index (κ2) is 8.27. The Morgan fingerprint density at radius 1 is 1.11 bits per heavy atom.